The van der Waals surface area contributed by atoms with Crippen molar-refractivity contribution in [3.8, 4) is 11.3 Å². The van der Waals surface area contributed by atoms with Crippen molar-refractivity contribution in [2.24, 2.45) is 0 Å². The minimum atomic E-state index is -0.557. The Morgan fingerprint density at radius 2 is 2.04 bits per heavy atom. The van der Waals surface area contributed by atoms with Crippen LogP contribution in [0.1, 0.15) is 5.76 Å². The van der Waals surface area contributed by atoms with E-state index in [4.69, 9.17) is 39.8 Å². The summed E-state index contributed by atoms with van der Waals surface area (Å²) in [6.07, 6.45) is 1.55. The van der Waals surface area contributed by atoms with Gasteiger partial charge in [0.15, 0.2) is 5.11 Å². The molecule has 1 aliphatic rings. The number of furan rings is 1. The Labute approximate surface area is 170 Å². The van der Waals surface area contributed by atoms with Crippen LogP contribution in [0.25, 0.3) is 17.4 Å². The van der Waals surface area contributed by atoms with Gasteiger partial charge in [0.25, 0.3) is 5.91 Å². The molecule has 0 saturated carbocycles. The maximum atomic E-state index is 12.6. The molecule has 27 heavy (non-hydrogen) atoms. The van der Waals surface area contributed by atoms with Gasteiger partial charge in [-0.25, -0.2) is 0 Å². The first-order valence-electron chi connectivity index (χ1n) is 7.75. The second-order valence-corrected chi connectivity index (χ2v) is 6.87. The Bertz CT molecular complexity index is 970. The van der Waals surface area contributed by atoms with Crippen molar-refractivity contribution in [2.75, 3.05) is 20.7 Å². The Morgan fingerprint density at radius 3 is 2.70 bits per heavy atom. The smallest absolute Gasteiger partial charge is 0.325 e. The lowest BCUT2D eigenvalue weighted by Crippen LogP contribution is -2.36. The highest BCUT2D eigenvalue weighted by Crippen LogP contribution is 2.32. The van der Waals surface area contributed by atoms with Crippen molar-refractivity contribution < 1.29 is 18.7 Å². The SMILES string of the molecule is COC(=O)CN1C(=O)/C(=C/c2ccc(-c3ccc(Cl)cc3Cl)o2)N(C)C1=S. The summed E-state index contributed by atoms with van der Waals surface area (Å²) in [4.78, 5) is 26.8. The van der Waals surface area contributed by atoms with Crippen molar-refractivity contribution in [3.63, 3.8) is 0 Å². The van der Waals surface area contributed by atoms with Crippen molar-refractivity contribution in [2.45, 2.75) is 0 Å². The number of thiocarbonyl (C=S) groups is 1. The fraction of sp³-hybridized carbons (Fsp3) is 0.167. The van der Waals surface area contributed by atoms with Crippen LogP contribution in [0.2, 0.25) is 10.0 Å². The predicted molar refractivity (Wildman–Crippen MR) is 106 cm³/mol. The average molecular weight is 425 g/mol. The summed E-state index contributed by atoms with van der Waals surface area (Å²) in [5.74, 6) is 0.00735. The number of hydrogen-bond donors (Lipinski definition) is 0. The van der Waals surface area contributed by atoms with Gasteiger partial charge in [-0.1, -0.05) is 23.2 Å². The maximum absolute atomic E-state index is 12.6. The van der Waals surface area contributed by atoms with Crippen LogP contribution in [0.15, 0.2) is 40.4 Å². The Morgan fingerprint density at radius 1 is 1.30 bits per heavy atom. The third-order valence-corrected chi connectivity index (χ3v) is 5.00. The molecule has 9 heteroatoms. The van der Waals surface area contributed by atoms with E-state index in [1.165, 1.54) is 16.9 Å². The van der Waals surface area contributed by atoms with Crippen LogP contribution in [0.4, 0.5) is 0 Å². The van der Waals surface area contributed by atoms with Gasteiger partial charge in [0.05, 0.1) is 12.1 Å². The zero-order valence-electron chi connectivity index (χ0n) is 14.4. The fourth-order valence-electron chi connectivity index (χ4n) is 2.54. The van der Waals surface area contributed by atoms with Crippen molar-refractivity contribution >= 4 is 58.5 Å². The molecule has 0 spiro atoms. The molecule has 0 bridgehead atoms. The number of benzene rings is 1. The topological polar surface area (TPSA) is 63.0 Å². The number of carbonyl (C=O) groups excluding carboxylic acids is 2. The van der Waals surface area contributed by atoms with Gasteiger partial charge in [-0.05, 0) is 42.5 Å². The number of esters is 1. The number of nitrogens with zero attached hydrogens (tertiary/aromatic N) is 2. The molecule has 1 amide bonds. The van der Waals surface area contributed by atoms with Gasteiger partial charge in [0.1, 0.15) is 23.8 Å². The van der Waals surface area contributed by atoms with Crippen LogP contribution >= 0.6 is 35.4 Å². The van der Waals surface area contributed by atoms with Crippen LogP contribution < -0.4 is 0 Å². The van der Waals surface area contributed by atoms with Gasteiger partial charge in [0, 0.05) is 23.7 Å². The third-order valence-electron chi connectivity index (χ3n) is 3.96. The lowest BCUT2D eigenvalue weighted by atomic mass is 10.2. The number of ether oxygens (including phenoxy) is 1. The molecule has 0 aliphatic carbocycles. The van der Waals surface area contributed by atoms with E-state index in [9.17, 15) is 9.59 Å². The molecule has 1 aliphatic heterocycles. The number of halogens is 2. The monoisotopic (exact) mass is 424 g/mol. The zero-order chi connectivity index (χ0) is 19.7. The van der Waals surface area contributed by atoms with E-state index in [0.29, 0.717) is 27.1 Å². The lowest BCUT2D eigenvalue weighted by molar-refractivity contribution is -0.143. The largest absolute Gasteiger partial charge is 0.468 e. The van der Waals surface area contributed by atoms with Crippen LogP contribution in [-0.2, 0) is 14.3 Å². The summed E-state index contributed by atoms with van der Waals surface area (Å²) < 4.78 is 10.4. The van der Waals surface area contributed by atoms with Crippen molar-refractivity contribution in [1.29, 1.82) is 0 Å². The first kappa shape index (κ1) is 19.4. The standard InChI is InChI=1S/C18H14Cl2N2O4S/c1-21-14(17(24)22(18(21)27)9-16(23)25-2)8-11-4-6-15(26-11)12-5-3-10(19)7-13(12)20/h3-8H,9H2,1-2H3/b14-8-. The summed E-state index contributed by atoms with van der Waals surface area (Å²) in [6.45, 7) is -0.250. The van der Waals surface area contributed by atoms with E-state index >= 15 is 0 Å². The highest BCUT2D eigenvalue weighted by atomic mass is 35.5. The highest BCUT2D eigenvalue weighted by molar-refractivity contribution is 7.80. The van der Waals surface area contributed by atoms with Crippen LogP contribution in [0, 0.1) is 0 Å². The van der Waals surface area contributed by atoms with Gasteiger partial charge in [0.2, 0.25) is 0 Å². The minimum Gasteiger partial charge on any atom is -0.468 e. The summed E-state index contributed by atoms with van der Waals surface area (Å²) >= 11 is 17.3. The van der Waals surface area contributed by atoms with Crippen LogP contribution in [0.5, 0.6) is 0 Å². The predicted octanol–water partition coefficient (Wildman–Crippen LogP) is 3.83. The number of rotatable bonds is 4. The minimum absolute atomic E-state index is 0.212. The van der Waals surface area contributed by atoms with E-state index in [-0.39, 0.29) is 17.4 Å². The van der Waals surface area contributed by atoms with Crippen LogP contribution in [-0.4, -0.2) is 47.5 Å². The Kier molecular flexibility index (Phi) is 5.55. The van der Waals surface area contributed by atoms with E-state index in [0.717, 1.165) is 0 Å². The fourth-order valence-corrected chi connectivity index (χ4v) is 3.29. The molecule has 0 N–H and O–H groups in total. The summed E-state index contributed by atoms with van der Waals surface area (Å²) in [6, 6.07) is 8.53. The number of hydrogen-bond acceptors (Lipinski definition) is 5. The van der Waals surface area contributed by atoms with Crippen molar-refractivity contribution in [3.05, 3.63) is 51.8 Å². The van der Waals surface area contributed by atoms with Gasteiger partial charge >= 0.3 is 5.97 Å². The third kappa shape index (κ3) is 3.85. The number of carbonyl (C=O) groups is 2. The van der Waals surface area contributed by atoms with Gasteiger partial charge in [-0.2, -0.15) is 0 Å². The quantitative estimate of drug-likeness (QED) is 0.422. The molecule has 0 unspecified atom stereocenters. The molecule has 0 atom stereocenters. The van der Waals surface area contributed by atoms with E-state index < -0.39 is 11.9 Å². The maximum Gasteiger partial charge on any atom is 0.325 e. The second-order valence-electron chi connectivity index (χ2n) is 5.66. The second kappa shape index (κ2) is 7.72. The normalized spacial score (nSPS) is 15.8. The first-order chi connectivity index (χ1) is 12.8. The molecular formula is C18H14Cl2N2O4S. The molecule has 2 heterocycles. The summed E-state index contributed by atoms with van der Waals surface area (Å²) in [7, 11) is 2.89. The molecule has 1 aromatic heterocycles. The molecule has 1 saturated heterocycles. The number of likely N-dealkylation sites (N-methyl/N-ethyl adjacent to an activating group) is 1. The van der Waals surface area contributed by atoms with Gasteiger partial charge in [-0.3, -0.25) is 14.5 Å². The molecule has 1 aromatic carbocycles. The zero-order valence-corrected chi connectivity index (χ0v) is 16.7. The lowest BCUT2D eigenvalue weighted by Gasteiger charge is -2.14. The number of amides is 1. The molecular weight excluding hydrogens is 411 g/mol. The summed E-state index contributed by atoms with van der Waals surface area (Å²) in [5.41, 5.74) is 0.965. The molecule has 2 aromatic rings. The molecule has 140 valence electrons. The molecule has 0 radical (unpaired) electrons. The first-order valence-corrected chi connectivity index (χ1v) is 8.91. The molecule has 6 nitrogen and oxygen atoms in total. The number of methoxy groups -OCH3 is 1. The molecule has 3 rings (SSSR count). The molecule has 1 fully saturated rings. The average Bonchev–Trinajstić information content (AvgIpc) is 3.16. The highest BCUT2D eigenvalue weighted by Gasteiger charge is 2.37. The Balaban J connectivity index is 1.89. The Hall–Kier alpha value is -2.35. The van der Waals surface area contributed by atoms with E-state index in [1.54, 1.807) is 43.5 Å². The van der Waals surface area contributed by atoms with Crippen LogP contribution in [0.3, 0.4) is 0 Å². The van der Waals surface area contributed by atoms with E-state index in [2.05, 4.69) is 4.74 Å². The van der Waals surface area contributed by atoms with Gasteiger partial charge < -0.3 is 14.1 Å². The van der Waals surface area contributed by atoms with Crippen molar-refractivity contribution in [1.82, 2.24) is 9.80 Å². The van der Waals surface area contributed by atoms with Gasteiger partial charge in [-0.15, -0.1) is 0 Å². The summed E-state index contributed by atoms with van der Waals surface area (Å²) in [5, 5.41) is 1.19. The van der Waals surface area contributed by atoms with E-state index in [1.807, 2.05) is 0 Å².